The summed E-state index contributed by atoms with van der Waals surface area (Å²) in [4.78, 5) is 2.05. The van der Waals surface area contributed by atoms with Crippen LogP contribution in [-0.2, 0) is 6.54 Å². The van der Waals surface area contributed by atoms with Crippen LogP contribution in [0.4, 0.5) is 8.78 Å². The van der Waals surface area contributed by atoms with E-state index in [2.05, 4.69) is 0 Å². The third-order valence-electron chi connectivity index (χ3n) is 3.05. The van der Waals surface area contributed by atoms with Gasteiger partial charge in [0.25, 0.3) is 0 Å². The number of nitrogens with two attached hydrogens (primary N) is 1. The zero-order valence-electron chi connectivity index (χ0n) is 11.6. The topological polar surface area (TPSA) is 29.3 Å². The van der Waals surface area contributed by atoms with Crippen LogP contribution >= 0.6 is 0 Å². The molecule has 20 heavy (non-hydrogen) atoms. The summed E-state index contributed by atoms with van der Waals surface area (Å²) >= 11 is 0. The lowest BCUT2D eigenvalue weighted by atomic mass is 9.97. The van der Waals surface area contributed by atoms with Crippen molar-refractivity contribution in [1.82, 2.24) is 4.90 Å². The largest absolute Gasteiger partial charge is 0.320 e. The van der Waals surface area contributed by atoms with Crippen molar-refractivity contribution in [3.8, 4) is 0 Å². The molecule has 0 saturated carbocycles. The average Bonchev–Trinajstić information content (AvgIpc) is 2.36. The molecule has 0 radical (unpaired) electrons. The van der Waals surface area contributed by atoms with Crippen molar-refractivity contribution in [1.29, 1.82) is 0 Å². The highest BCUT2D eigenvalue weighted by molar-refractivity contribution is 5.34. The second-order valence-corrected chi connectivity index (χ2v) is 5.16. The van der Waals surface area contributed by atoms with Gasteiger partial charge < -0.3 is 10.6 Å². The van der Waals surface area contributed by atoms with E-state index in [9.17, 15) is 8.78 Å². The Kier molecular flexibility index (Phi) is 4.47. The molecule has 0 aliphatic heterocycles. The van der Waals surface area contributed by atoms with Gasteiger partial charge in [0, 0.05) is 12.6 Å². The summed E-state index contributed by atoms with van der Waals surface area (Å²) in [6, 6.07) is 10.6. The molecule has 0 aromatic heterocycles. The molecule has 106 valence electrons. The summed E-state index contributed by atoms with van der Waals surface area (Å²) < 4.78 is 26.5. The number of rotatable bonds is 4. The quantitative estimate of drug-likeness (QED) is 0.930. The van der Waals surface area contributed by atoms with Gasteiger partial charge in [-0.05, 0) is 42.9 Å². The van der Waals surface area contributed by atoms with Crippen molar-refractivity contribution >= 4 is 0 Å². The maximum absolute atomic E-state index is 13.3. The molecule has 2 aromatic rings. The number of hydrogen-bond acceptors (Lipinski definition) is 2. The minimum Gasteiger partial charge on any atom is -0.320 e. The van der Waals surface area contributed by atoms with Gasteiger partial charge in [-0.25, -0.2) is 8.78 Å². The zero-order chi connectivity index (χ0) is 14.7. The fourth-order valence-electron chi connectivity index (χ4n) is 2.20. The fourth-order valence-corrected chi connectivity index (χ4v) is 2.20. The highest BCUT2D eigenvalue weighted by Crippen LogP contribution is 2.22. The Hall–Kier alpha value is -1.78. The normalized spacial score (nSPS) is 12.7. The first-order valence-electron chi connectivity index (χ1n) is 6.41. The number of hydrogen-bond donors (Lipinski definition) is 1. The molecule has 0 bridgehead atoms. The Labute approximate surface area is 117 Å². The second-order valence-electron chi connectivity index (χ2n) is 5.16. The highest BCUT2D eigenvalue weighted by atomic mass is 19.1. The smallest absolute Gasteiger partial charge is 0.126 e. The molecular formula is C16H18F2N2. The van der Waals surface area contributed by atoms with E-state index >= 15 is 0 Å². The van der Waals surface area contributed by atoms with Crippen LogP contribution in [0.3, 0.4) is 0 Å². The summed E-state index contributed by atoms with van der Waals surface area (Å²) in [5.41, 5.74) is 8.49. The molecule has 0 aliphatic carbocycles. The van der Waals surface area contributed by atoms with Crippen LogP contribution < -0.4 is 5.73 Å². The van der Waals surface area contributed by atoms with E-state index in [0.717, 1.165) is 23.7 Å². The van der Waals surface area contributed by atoms with Gasteiger partial charge in [-0.1, -0.05) is 24.3 Å². The third-order valence-corrected chi connectivity index (χ3v) is 3.05. The van der Waals surface area contributed by atoms with Gasteiger partial charge in [0.15, 0.2) is 0 Å². The van der Waals surface area contributed by atoms with E-state index < -0.39 is 17.7 Å². The van der Waals surface area contributed by atoms with Gasteiger partial charge in [-0.3, -0.25) is 0 Å². The molecule has 0 aliphatic rings. The number of nitrogens with zero attached hydrogens (tertiary/aromatic N) is 1. The van der Waals surface area contributed by atoms with Crippen LogP contribution in [0.2, 0.25) is 0 Å². The minimum atomic E-state index is -0.611. The number of halogens is 2. The average molecular weight is 276 g/mol. The molecule has 0 fully saturated rings. The predicted molar refractivity (Wildman–Crippen MR) is 76.2 cm³/mol. The lowest BCUT2D eigenvalue weighted by Gasteiger charge is -2.16. The van der Waals surface area contributed by atoms with E-state index in [-0.39, 0.29) is 0 Å². The van der Waals surface area contributed by atoms with E-state index in [1.54, 1.807) is 0 Å². The van der Waals surface area contributed by atoms with Crippen molar-refractivity contribution in [3.05, 3.63) is 70.8 Å². The zero-order valence-corrected chi connectivity index (χ0v) is 11.6. The van der Waals surface area contributed by atoms with Gasteiger partial charge in [-0.15, -0.1) is 0 Å². The van der Waals surface area contributed by atoms with E-state index in [1.165, 1.54) is 12.1 Å². The molecule has 0 amide bonds. The van der Waals surface area contributed by atoms with Crippen LogP contribution in [-0.4, -0.2) is 19.0 Å². The molecule has 0 saturated heterocycles. The Morgan fingerprint density at radius 1 is 1.00 bits per heavy atom. The highest BCUT2D eigenvalue weighted by Gasteiger charge is 2.12. The molecule has 2 N–H and O–H groups in total. The van der Waals surface area contributed by atoms with E-state index in [0.29, 0.717) is 5.56 Å². The summed E-state index contributed by atoms with van der Waals surface area (Å²) in [6.07, 6.45) is 0. The van der Waals surface area contributed by atoms with Crippen LogP contribution in [0, 0.1) is 11.6 Å². The monoisotopic (exact) mass is 276 g/mol. The molecule has 0 spiro atoms. The summed E-state index contributed by atoms with van der Waals surface area (Å²) in [5.74, 6) is -1.22. The van der Waals surface area contributed by atoms with Crippen LogP contribution in [0.1, 0.15) is 22.7 Å². The Balaban J connectivity index is 2.30. The van der Waals surface area contributed by atoms with Gasteiger partial charge >= 0.3 is 0 Å². The third kappa shape index (κ3) is 3.62. The first kappa shape index (κ1) is 14.6. The molecule has 1 atom stereocenters. The minimum absolute atomic E-state index is 0.435. The molecule has 4 heteroatoms. The lowest BCUT2D eigenvalue weighted by Crippen LogP contribution is -2.14. The van der Waals surface area contributed by atoms with E-state index in [4.69, 9.17) is 5.73 Å². The van der Waals surface area contributed by atoms with Crippen LogP contribution in [0.15, 0.2) is 42.5 Å². The van der Waals surface area contributed by atoms with E-state index in [1.807, 2.05) is 43.3 Å². The standard InChI is InChI=1S/C16H18F2N2/c1-20(2)10-11-4-3-5-12(6-11)16(19)13-7-14(17)9-15(18)8-13/h3-9,16H,10,19H2,1-2H3. The maximum atomic E-state index is 13.3. The van der Waals surface area contributed by atoms with Gasteiger partial charge in [0.05, 0.1) is 6.04 Å². The van der Waals surface area contributed by atoms with Crippen molar-refractivity contribution in [3.63, 3.8) is 0 Å². The van der Waals surface area contributed by atoms with Crippen molar-refractivity contribution in [2.75, 3.05) is 14.1 Å². The van der Waals surface area contributed by atoms with Crippen molar-refractivity contribution in [2.45, 2.75) is 12.6 Å². The molecule has 2 rings (SSSR count). The predicted octanol–water partition coefficient (Wildman–Crippen LogP) is 3.07. The van der Waals surface area contributed by atoms with Crippen LogP contribution in [0.25, 0.3) is 0 Å². The van der Waals surface area contributed by atoms with Gasteiger partial charge in [0.2, 0.25) is 0 Å². The molecule has 0 heterocycles. The lowest BCUT2D eigenvalue weighted by molar-refractivity contribution is 0.402. The fraction of sp³-hybridized carbons (Fsp3) is 0.250. The SMILES string of the molecule is CN(C)Cc1cccc(C(N)c2cc(F)cc(F)c2)c1. The number of benzene rings is 2. The Bertz CT molecular complexity index is 577. The molecule has 1 unspecified atom stereocenters. The summed E-state index contributed by atoms with van der Waals surface area (Å²) in [7, 11) is 3.96. The summed E-state index contributed by atoms with van der Waals surface area (Å²) in [6.45, 7) is 0.790. The summed E-state index contributed by atoms with van der Waals surface area (Å²) in [5, 5.41) is 0. The van der Waals surface area contributed by atoms with Gasteiger partial charge in [-0.2, -0.15) is 0 Å². The first-order valence-corrected chi connectivity index (χ1v) is 6.41. The van der Waals surface area contributed by atoms with Crippen molar-refractivity contribution < 1.29 is 8.78 Å². The van der Waals surface area contributed by atoms with Gasteiger partial charge in [0.1, 0.15) is 11.6 Å². The second kappa shape index (κ2) is 6.11. The molecule has 2 aromatic carbocycles. The van der Waals surface area contributed by atoms with Crippen LogP contribution in [0.5, 0.6) is 0 Å². The Morgan fingerprint density at radius 3 is 2.25 bits per heavy atom. The first-order chi connectivity index (χ1) is 9.45. The Morgan fingerprint density at radius 2 is 1.65 bits per heavy atom. The maximum Gasteiger partial charge on any atom is 0.126 e. The van der Waals surface area contributed by atoms with Crippen molar-refractivity contribution in [2.24, 2.45) is 5.73 Å². The molecular weight excluding hydrogens is 258 g/mol. The molecule has 2 nitrogen and oxygen atoms in total.